The highest BCUT2D eigenvalue weighted by atomic mass is 19.4. The molecule has 0 atom stereocenters. The zero-order valence-corrected chi connectivity index (χ0v) is 13.8. The number of alkyl halides is 6. The molecule has 0 saturated heterocycles. The van der Waals surface area contributed by atoms with Crippen molar-refractivity contribution >= 4 is 17.5 Å². The Morgan fingerprint density at radius 3 is 1.81 bits per heavy atom. The zero-order valence-electron chi connectivity index (χ0n) is 13.8. The van der Waals surface area contributed by atoms with Gasteiger partial charge in [0.05, 0.1) is 24.2 Å². The summed E-state index contributed by atoms with van der Waals surface area (Å²) in [5, 5.41) is 1.99. The molecule has 11 heteroatoms. The van der Waals surface area contributed by atoms with E-state index in [1.807, 2.05) is 5.32 Å². The summed E-state index contributed by atoms with van der Waals surface area (Å²) in [5.41, 5.74) is 1.30. The van der Waals surface area contributed by atoms with Crippen molar-refractivity contribution in [1.82, 2.24) is 4.90 Å². The molecular formula is C15H17F6N3O2. The third kappa shape index (κ3) is 6.54. The van der Waals surface area contributed by atoms with E-state index in [9.17, 15) is 35.9 Å². The summed E-state index contributed by atoms with van der Waals surface area (Å²) in [6.45, 7) is 2.56. The predicted octanol–water partition coefficient (Wildman–Crippen LogP) is 2.86. The molecule has 0 aliphatic rings. The number of nitrogens with two attached hydrogens (primary N) is 1. The zero-order chi connectivity index (χ0) is 20.3. The first-order valence-electron chi connectivity index (χ1n) is 7.32. The van der Waals surface area contributed by atoms with Crippen LogP contribution in [0, 0.1) is 0 Å². The summed E-state index contributed by atoms with van der Waals surface area (Å²) in [6, 6.07) is 0.464. The van der Waals surface area contributed by atoms with E-state index in [2.05, 4.69) is 0 Å². The lowest BCUT2D eigenvalue weighted by Crippen LogP contribution is -2.43. The Morgan fingerprint density at radius 1 is 1.00 bits per heavy atom. The van der Waals surface area contributed by atoms with Crippen LogP contribution < -0.4 is 11.1 Å². The Hall–Kier alpha value is -2.30. The van der Waals surface area contributed by atoms with Crippen molar-refractivity contribution in [3.8, 4) is 0 Å². The minimum atomic E-state index is -5.02. The third-order valence-corrected chi connectivity index (χ3v) is 3.31. The van der Waals surface area contributed by atoms with Gasteiger partial charge in [-0.05, 0) is 32.0 Å². The molecule has 0 spiro atoms. The predicted molar refractivity (Wildman–Crippen MR) is 81.0 cm³/mol. The lowest BCUT2D eigenvalue weighted by atomic mass is 10.1. The van der Waals surface area contributed by atoms with Crippen molar-refractivity contribution in [2.24, 2.45) is 5.73 Å². The maximum absolute atomic E-state index is 12.8. The quantitative estimate of drug-likeness (QED) is 0.740. The van der Waals surface area contributed by atoms with Gasteiger partial charge in [-0.3, -0.25) is 14.5 Å². The first-order chi connectivity index (χ1) is 11.7. The summed E-state index contributed by atoms with van der Waals surface area (Å²) < 4.78 is 76.8. The number of benzene rings is 1. The largest absolute Gasteiger partial charge is 0.416 e. The number of nitrogens with one attached hydrogen (secondary N) is 1. The van der Waals surface area contributed by atoms with Gasteiger partial charge in [0.15, 0.2) is 0 Å². The molecule has 0 saturated carbocycles. The van der Waals surface area contributed by atoms with Crippen LogP contribution in [0.25, 0.3) is 0 Å². The molecule has 0 radical (unpaired) electrons. The van der Waals surface area contributed by atoms with Gasteiger partial charge in [0.25, 0.3) is 0 Å². The van der Waals surface area contributed by atoms with Gasteiger partial charge in [0, 0.05) is 11.7 Å². The number of carbonyl (C=O) groups excluding carboxylic acids is 2. The van der Waals surface area contributed by atoms with Gasteiger partial charge >= 0.3 is 12.4 Å². The Labute approximate surface area is 145 Å². The second-order valence-electron chi connectivity index (χ2n) is 5.81. The first-order valence-corrected chi connectivity index (χ1v) is 7.32. The van der Waals surface area contributed by atoms with Crippen molar-refractivity contribution in [2.45, 2.75) is 32.2 Å². The van der Waals surface area contributed by atoms with Crippen molar-refractivity contribution in [3.63, 3.8) is 0 Å². The number of rotatable bonds is 6. The van der Waals surface area contributed by atoms with Crippen LogP contribution in [0.4, 0.5) is 32.0 Å². The van der Waals surface area contributed by atoms with E-state index >= 15 is 0 Å². The fourth-order valence-electron chi connectivity index (χ4n) is 2.03. The number of anilines is 1. The molecule has 0 aliphatic carbocycles. The van der Waals surface area contributed by atoms with Crippen LogP contribution in [-0.4, -0.2) is 35.8 Å². The van der Waals surface area contributed by atoms with E-state index in [4.69, 9.17) is 5.73 Å². The maximum atomic E-state index is 12.8. The SMILES string of the molecule is CC(C)N(CC(N)=O)CC(=O)Nc1cc(C(F)(F)F)cc(C(F)(F)F)c1. The number of amides is 2. The van der Waals surface area contributed by atoms with Gasteiger partial charge in [0.2, 0.25) is 11.8 Å². The molecule has 0 aromatic heterocycles. The van der Waals surface area contributed by atoms with Gasteiger partial charge in [-0.2, -0.15) is 26.3 Å². The summed E-state index contributed by atoms with van der Waals surface area (Å²) in [4.78, 5) is 24.2. The molecule has 0 unspecified atom stereocenters. The van der Waals surface area contributed by atoms with Crippen LogP contribution in [0.2, 0.25) is 0 Å². The molecule has 3 N–H and O–H groups in total. The Bertz CT molecular complexity index is 638. The van der Waals surface area contributed by atoms with Crippen LogP contribution in [0.5, 0.6) is 0 Å². The van der Waals surface area contributed by atoms with E-state index in [1.165, 1.54) is 4.90 Å². The lowest BCUT2D eigenvalue weighted by Gasteiger charge is -2.24. The average molecular weight is 385 g/mol. The van der Waals surface area contributed by atoms with Crippen LogP contribution in [0.15, 0.2) is 18.2 Å². The summed E-state index contributed by atoms with van der Waals surface area (Å²) in [6.07, 6.45) is -10.0. The molecule has 26 heavy (non-hydrogen) atoms. The molecule has 5 nitrogen and oxygen atoms in total. The molecule has 0 heterocycles. The summed E-state index contributed by atoms with van der Waals surface area (Å²) in [7, 11) is 0. The van der Waals surface area contributed by atoms with Crippen molar-refractivity contribution in [3.05, 3.63) is 29.3 Å². The van der Waals surface area contributed by atoms with Crippen LogP contribution >= 0.6 is 0 Å². The fourth-order valence-corrected chi connectivity index (χ4v) is 2.03. The van der Waals surface area contributed by atoms with Crippen LogP contribution in [0.1, 0.15) is 25.0 Å². The fraction of sp³-hybridized carbons (Fsp3) is 0.467. The van der Waals surface area contributed by atoms with E-state index in [1.54, 1.807) is 13.8 Å². The normalized spacial score (nSPS) is 12.5. The van der Waals surface area contributed by atoms with Crippen LogP contribution in [0.3, 0.4) is 0 Å². The van der Waals surface area contributed by atoms with Crippen molar-refractivity contribution in [2.75, 3.05) is 18.4 Å². The van der Waals surface area contributed by atoms with Crippen LogP contribution in [-0.2, 0) is 21.9 Å². The second kappa shape index (κ2) is 7.94. The van der Waals surface area contributed by atoms with Gasteiger partial charge in [-0.1, -0.05) is 0 Å². The van der Waals surface area contributed by atoms with Crippen molar-refractivity contribution < 1.29 is 35.9 Å². The number of nitrogens with zero attached hydrogens (tertiary/aromatic N) is 1. The molecule has 2 amide bonds. The van der Waals surface area contributed by atoms with Gasteiger partial charge in [0.1, 0.15) is 0 Å². The standard InChI is InChI=1S/C15H17F6N3O2/c1-8(2)24(6-12(22)25)7-13(26)23-11-4-9(14(16,17)18)3-10(5-11)15(19,20)21/h3-5,8H,6-7H2,1-2H3,(H2,22,25)(H,23,26). The minimum Gasteiger partial charge on any atom is -0.369 e. The second-order valence-corrected chi connectivity index (χ2v) is 5.81. The molecule has 1 aromatic carbocycles. The highest BCUT2D eigenvalue weighted by molar-refractivity contribution is 5.92. The van der Waals surface area contributed by atoms with Crippen molar-refractivity contribution in [1.29, 1.82) is 0 Å². The van der Waals surface area contributed by atoms with E-state index < -0.39 is 47.5 Å². The molecular weight excluding hydrogens is 368 g/mol. The Balaban J connectivity index is 3.07. The monoisotopic (exact) mass is 385 g/mol. The summed E-state index contributed by atoms with van der Waals surface area (Å²) >= 11 is 0. The third-order valence-electron chi connectivity index (χ3n) is 3.31. The minimum absolute atomic E-state index is 0.0385. The van der Waals surface area contributed by atoms with E-state index in [-0.39, 0.29) is 18.7 Å². The van der Waals surface area contributed by atoms with Gasteiger partial charge in [-0.15, -0.1) is 0 Å². The highest BCUT2D eigenvalue weighted by Crippen LogP contribution is 2.37. The molecule has 0 fully saturated rings. The Morgan fingerprint density at radius 2 is 1.46 bits per heavy atom. The smallest absolute Gasteiger partial charge is 0.369 e. The first kappa shape index (κ1) is 21.7. The number of hydrogen-bond donors (Lipinski definition) is 2. The number of hydrogen-bond acceptors (Lipinski definition) is 3. The van der Waals surface area contributed by atoms with E-state index in [0.717, 1.165) is 0 Å². The Kier molecular flexibility index (Phi) is 6.64. The average Bonchev–Trinajstić information content (AvgIpc) is 2.43. The lowest BCUT2D eigenvalue weighted by molar-refractivity contribution is -0.143. The molecule has 0 bridgehead atoms. The summed E-state index contributed by atoms with van der Waals surface area (Å²) in [5.74, 6) is -1.61. The molecule has 1 aromatic rings. The molecule has 1 rings (SSSR count). The molecule has 146 valence electrons. The molecule has 0 aliphatic heterocycles. The van der Waals surface area contributed by atoms with Gasteiger partial charge < -0.3 is 11.1 Å². The van der Waals surface area contributed by atoms with E-state index in [0.29, 0.717) is 12.1 Å². The number of halogens is 6. The topological polar surface area (TPSA) is 75.4 Å². The van der Waals surface area contributed by atoms with Gasteiger partial charge in [-0.25, -0.2) is 0 Å². The number of carbonyl (C=O) groups is 2. The highest BCUT2D eigenvalue weighted by Gasteiger charge is 2.37. The maximum Gasteiger partial charge on any atom is 0.416 e. The number of primary amides is 1.